The number of thioether (sulfide) groups is 1. The molecule has 7 nitrogen and oxygen atoms in total. The maximum Gasteiger partial charge on any atom is 0.283 e. The van der Waals surface area contributed by atoms with E-state index in [-0.39, 0.29) is 21.0 Å². The van der Waals surface area contributed by atoms with Crippen molar-refractivity contribution in [3.8, 4) is 0 Å². The Labute approximate surface area is 144 Å². The molecule has 0 atom stereocenters. The number of amides is 1. The van der Waals surface area contributed by atoms with Gasteiger partial charge in [-0.15, -0.1) is 5.10 Å². The molecule has 0 saturated carbocycles. The maximum absolute atomic E-state index is 12.1. The van der Waals surface area contributed by atoms with Crippen LogP contribution in [0.2, 0.25) is 0 Å². The fourth-order valence-electron chi connectivity index (χ4n) is 1.85. The van der Waals surface area contributed by atoms with Gasteiger partial charge in [0.1, 0.15) is 0 Å². The summed E-state index contributed by atoms with van der Waals surface area (Å²) in [7, 11) is -3.52. The number of halogens is 1. The van der Waals surface area contributed by atoms with Crippen molar-refractivity contribution in [1.82, 2.24) is 5.01 Å². The SMILES string of the molecule is CS(=O)(=O)C1=NN2C(=N)/C(=C\c3ccc(Br)cc3)C(=O)N=C2S1. The molecule has 10 heteroatoms. The van der Waals surface area contributed by atoms with E-state index in [1.54, 1.807) is 12.1 Å². The zero-order chi connectivity index (χ0) is 16.8. The van der Waals surface area contributed by atoms with Gasteiger partial charge in [0, 0.05) is 10.7 Å². The number of amidine groups is 2. The molecule has 1 N–H and O–H groups in total. The molecule has 2 aliphatic heterocycles. The lowest BCUT2D eigenvalue weighted by Crippen LogP contribution is -2.35. The van der Waals surface area contributed by atoms with Gasteiger partial charge in [0.05, 0.1) is 5.57 Å². The second-order valence-electron chi connectivity index (χ2n) is 4.71. The van der Waals surface area contributed by atoms with Crippen molar-refractivity contribution in [1.29, 1.82) is 5.41 Å². The van der Waals surface area contributed by atoms with E-state index < -0.39 is 15.7 Å². The average Bonchev–Trinajstić information content (AvgIpc) is 2.89. The highest BCUT2D eigenvalue weighted by molar-refractivity contribution is 9.10. The van der Waals surface area contributed by atoms with Crippen molar-refractivity contribution in [2.45, 2.75) is 0 Å². The molecule has 0 aliphatic carbocycles. The van der Waals surface area contributed by atoms with Crippen LogP contribution in [-0.4, -0.2) is 41.0 Å². The summed E-state index contributed by atoms with van der Waals surface area (Å²) in [6.45, 7) is 0. The van der Waals surface area contributed by atoms with Crippen molar-refractivity contribution in [3.05, 3.63) is 39.9 Å². The molecule has 0 radical (unpaired) electrons. The van der Waals surface area contributed by atoms with Crippen LogP contribution >= 0.6 is 27.7 Å². The van der Waals surface area contributed by atoms with Gasteiger partial charge in [-0.1, -0.05) is 28.1 Å². The van der Waals surface area contributed by atoms with Crippen LogP contribution in [0.4, 0.5) is 0 Å². The number of hydrazone groups is 1. The first-order valence-corrected chi connectivity index (χ1v) is 9.71. The van der Waals surface area contributed by atoms with Crippen LogP contribution in [0.15, 0.2) is 44.4 Å². The monoisotopic (exact) mass is 412 g/mol. The molecule has 1 aromatic carbocycles. The van der Waals surface area contributed by atoms with E-state index >= 15 is 0 Å². The molecule has 2 aliphatic rings. The predicted octanol–water partition coefficient (Wildman–Crippen LogP) is 2.07. The third-order valence-electron chi connectivity index (χ3n) is 2.93. The van der Waals surface area contributed by atoms with Gasteiger partial charge >= 0.3 is 0 Å². The van der Waals surface area contributed by atoms with Crippen LogP contribution < -0.4 is 0 Å². The zero-order valence-electron chi connectivity index (χ0n) is 11.6. The van der Waals surface area contributed by atoms with Gasteiger partial charge in [-0.3, -0.25) is 10.2 Å². The summed E-state index contributed by atoms with van der Waals surface area (Å²) in [5.41, 5.74) is 0.772. The van der Waals surface area contributed by atoms with Gasteiger partial charge in [0.2, 0.25) is 19.4 Å². The van der Waals surface area contributed by atoms with Gasteiger partial charge in [-0.2, -0.15) is 10.0 Å². The van der Waals surface area contributed by atoms with Crippen molar-refractivity contribution >= 4 is 64.9 Å². The normalized spacial score (nSPS) is 19.7. The first-order valence-electron chi connectivity index (χ1n) is 6.21. The molecule has 23 heavy (non-hydrogen) atoms. The second kappa shape index (κ2) is 5.69. The van der Waals surface area contributed by atoms with Gasteiger partial charge in [-0.05, 0) is 35.5 Å². The van der Waals surface area contributed by atoms with E-state index in [0.717, 1.165) is 33.1 Å². The quantitative estimate of drug-likeness (QED) is 0.710. The molecular formula is C13H9BrN4O3S2. The van der Waals surface area contributed by atoms with Crippen LogP contribution in [-0.2, 0) is 14.6 Å². The molecule has 2 heterocycles. The standard InChI is InChI=1S/C13H9BrN4O3S2/c1-23(20,21)13-17-18-10(15)9(11(19)16-12(18)22-13)6-7-2-4-8(14)5-3-7/h2-6,15H,1H3/b9-6+,15-10?. The lowest BCUT2D eigenvalue weighted by Gasteiger charge is -2.20. The second-order valence-corrected chi connectivity index (χ2v) is 8.77. The Balaban J connectivity index is 2.01. The number of hydrogen-bond donors (Lipinski definition) is 1. The molecule has 118 valence electrons. The highest BCUT2D eigenvalue weighted by atomic mass is 79.9. The summed E-state index contributed by atoms with van der Waals surface area (Å²) >= 11 is 4.08. The number of aliphatic imine (C=N–C) groups is 1. The van der Waals surface area contributed by atoms with Gasteiger partial charge < -0.3 is 0 Å². The van der Waals surface area contributed by atoms with E-state index in [2.05, 4.69) is 26.0 Å². The number of fused-ring (bicyclic) bond motifs is 1. The van der Waals surface area contributed by atoms with E-state index in [1.165, 1.54) is 6.08 Å². The fourth-order valence-corrected chi connectivity index (χ4v) is 3.80. The molecule has 0 unspecified atom stereocenters. The zero-order valence-corrected chi connectivity index (χ0v) is 14.9. The van der Waals surface area contributed by atoms with Crippen LogP contribution in [0.1, 0.15) is 5.56 Å². The molecular weight excluding hydrogens is 404 g/mol. The van der Waals surface area contributed by atoms with Gasteiger partial charge in [0.25, 0.3) is 5.91 Å². The molecule has 0 spiro atoms. The Morgan fingerprint density at radius 1 is 1.30 bits per heavy atom. The Morgan fingerprint density at radius 2 is 1.96 bits per heavy atom. The number of rotatable bonds is 1. The summed E-state index contributed by atoms with van der Waals surface area (Å²) < 4.78 is 23.8. The number of nitrogens with one attached hydrogen (secondary N) is 1. The van der Waals surface area contributed by atoms with Crippen molar-refractivity contribution in [2.75, 3.05) is 6.26 Å². The molecule has 0 aromatic heterocycles. The number of carbonyl (C=O) groups is 1. The fraction of sp³-hybridized carbons (Fsp3) is 0.0769. The van der Waals surface area contributed by atoms with Crippen LogP contribution in [0.5, 0.6) is 0 Å². The van der Waals surface area contributed by atoms with Gasteiger partial charge in [0.15, 0.2) is 5.84 Å². The average molecular weight is 413 g/mol. The lowest BCUT2D eigenvalue weighted by atomic mass is 10.1. The van der Waals surface area contributed by atoms with E-state index in [4.69, 9.17) is 5.41 Å². The first kappa shape index (κ1) is 16.1. The summed E-state index contributed by atoms with van der Waals surface area (Å²) in [4.78, 5) is 16.0. The number of benzene rings is 1. The summed E-state index contributed by atoms with van der Waals surface area (Å²) in [5.74, 6) is -0.796. The largest absolute Gasteiger partial charge is 0.283 e. The summed E-state index contributed by atoms with van der Waals surface area (Å²) in [6.07, 6.45) is 2.54. The van der Waals surface area contributed by atoms with Crippen LogP contribution in [0.3, 0.4) is 0 Å². The third kappa shape index (κ3) is 3.14. The minimum atomic E-state index is -3.52. The first-order chi connectivity index (χ1) is 10.8. The number of hydrogen-bond acceptors (Lipinski definition) is 6. The van der Waals surface area contributed by atoms with E-state index in [1.807, 2.05) is 12.1 Å². The number of carbonyl (C=O) groups excluding carboxylic acids is 1. The van der Waals surface area contributed by atoms with Gasteiger partial charge in [-0.25, -0.2) is 8.42 Å². The third-order valence-corrected chi connectivity index (χ3v) is 6.04. The van der Waals surface area contributed by atoms with Crippen molar-refractivity contribution in [3.63, 3.8) is 0 Å². The minimum Gasteiger partial charge on any atom is -0.282 e. The number of sulfone groups is 1. The van der Waals surface area contributed by atoms with Crippen LogP contribution in [0, 0.1) is 5.41 Å². The maximum atomic E-state index is 12.1. The molecule has 1 amide bonds. The molecule has 3 rings (SSSR count). The smallest absolute Gasteiger partial charge is 0.282 e. The minimum absolute atomic E-state index is 0.0511. The Kier molecular flexibility index (Phi) is 3.98. The van der Waals surface area contributed by atoms with E-state index in [0.29, 0.717) is 0 Å². The van der Waals surface area contributed by atoms with Crippen molar-refractivity contribution < 1.29 is 13.2 Å². The molecule has 0 saturated heterocycles. The highest BCUT2D eigenvalue weighted by Crippen LogP contribution is 2.29. The summed E-state index contributed by atoms with van der Waals surface area (Å²) in [6, 6.07) is 7.18. The molecule has 1 aromatic rings. The highest BCUT2D eigenvalue weighted by Gasteiger charge is 2.38. The molecule has 0 bridgehead atoms. The Morgan fingerprint density at radius 3 is 2.57 bits per heavy atom. The Hall–Kier alpha value is -1.78. The lowest BCUT2D eigenvalue weighted by molar-refractivity contribution is -0.114. The topological polar surface area (TPSA) is 103 Å². The summed E-state index contributed by atoms with van der Waals surface area (Å²) in [5, 5.41) is 13.1. The Bertz CT molecular complexity index is 917. The number of nitrogens with zero attached hydrogens (tertiary/aromatic N) is 3. The van der Waals surface area contributed by atoms with Crippen molar-refractivity contribution in [2.24, 2.45) is 10.1 Å². The molecule has 0 fully saturated rings. The van der Waals surface area contributed by atoms with E-state index in [9.17, 15) is 13.2 Å². The van der Waals surface area contributed by atoms with Crippen LogP contribution in [0.25, 0.3) is 6.08 Å². The predicted molar refractivity (Wildman–Crippen MR) is 94.0 cm³/mol.